The van der Waals surface area contributed by atoms with Gasteiger partial charge in [0.1, 0.15) is 0 Å². The number of alkyl halides is 3. The van der Waals surface area contributed by atoms with Gasteiger partial charge in [0.05, 0.1) is 13.2 Å². The highest BCUT2D eigenvalue weighted by Crippen LogP contribution is 2.24. The van der Waals surface area contributed by atoms with Crippen LogP contribution in [-0.4, -0.2) is 48.7 Å². The summed E-state index contributed by atoms with van der Waals surface area (Å²) in [6.07, 6.45) is -1.42. The number of hydrogen-bond donors (Lipinski definition) is 1. The Morgan fingerprint density at radius 2 is 1.93 bits per heavy atom. The molecule has 0 aromatic rings. The molecule has 0 saturated heterocycles. The fourth-order valence-electron chi connectivity index (χ4n) is 1.64. The van der Waals surface area contributed by atoms with Crippen LogP contribution in [0.25, 0.3) is 0 Å². The highest BCUT2D eigenvalue weighted by molar-refractivity contribution is 4.79. The predicted octanol–water partition coefficient (Wildman–Crippen LogP) is 1.37. The molecule has 0 aromatic carbocycles. The minimum absolute atomic E-state index is 0.0253. The number of aliphatic hydroxyl groups excluding tert-OH is 1. The zero-order valence-electron chi connectivity index (χ0n) is 8.46. The molecule has 15 heavy (non-hydrogen) atoms. The lowest BCUT2D eigenvalue weighted by atomic mass is 9.91. The van der Waals surface area contributed by atoms with Crippen molar-refractivity contribution in [2.45, 2.75) is 31.7 Å². The van der Waals surface area contributed by atoms with Crippen molar-refractivity contribution in [3.05, 3.63) is 0 Å². The van der Waals surface area contributed by atoms with Gasteiger partial charge in [-0.2, -0.15) is 0 Å². The molecule has 0 spiro atoms. The molecular weight excluding hydrogens is 211 g/mol. The van der Waals surface area contributed by atoms with E-state index in [2.05, 4.69) is 4.74 Å². The lowest BCUT2D eigenvalue weighted by molar-refractivity contribution is -0.325. The number of halogens is 3. The maximum Gasteiger partial charge on any atom is 0.522 e. The molecule has 1 aliphatic carbocycles. The van der Waals surface area contributed by atoms with E-state index < -0.39 is 6.36 Å². The monoisotopic (exact) mass is 227 g/mol. The number of rotatable bonds is 6. The van der Waals surface area contributed by atoms with Gasteiger partial charge in [0, 0.05) is 19.1 Å². The van der Waals surface area contributed by atoms with E-state index in [1.54, 1.807) is 0 Å². The third-order valence-corrected chi connectivity index (χ3v) is 2.62. The Labute approximate surface area is 86.8 Å². The summed E-state index contributed by atoms with van der Waals surface area (Å²) in [5, 5.41) is 8.76. The van der Waals surface area contributed by atoms with E-state index in [9.17, 15) is 13.2 Å². The third-order valence-electron chi connectivity index (χ3n) is 2.62. The van der Waals surface area contributed by atoms with Gasteiger partial charge in [-0.1, -0.05) is 6.42 Å². The van der Waals surface area contributed by atoms with Crippen molar-refractivity contribution in [1.29, 1.82) is 0 Å². The van der Waals surface area contributed by atoms with Gasteiger partial charge in [-0.15, -0.1) is 13.2 Å². The van der Waals surface area contributed by atoms with Crippen LogP contribution in [0.1, 0.15) is 19.3 Å². The fourth-order valence-corrected chi connectivity index (χ4v) is 1.64. The molecule has 0 aromatic heterocycles. The van der Waals surface area contributed by atoms with Crippen LogP contribution in [0.5, 0.6) is 0 Å². The summed E-state index contributed by atoms with van der Waals surface area (Å²) in [4.78, 5) is 1.86. The molecule has 1 aliphatic rings. The molecule has 0 radical (unpaired) electrons. The lowest BCUT2D eigenvalue weighted by Gasteiger charge is -2.37. The molecule has 0 bridgehead atoms. The molecular formula is C9H16F3NO2. The predicted molar refractivity (Wildman–Crippen MR) is 48.3 cm³/mol. The number of hydrogen-bond acceptors (Lipinski definition) is 3. The summed E-state index contributed by atoms with van der Waals surface area (Å²) in [5.41, 5.74) is 0. The molecule has 3 nitrogen and oxygen atoms in total. The molecule has 0 atom stereocenters. The molecule has 0 heterocycles. The summed E-state index contributed by atoms with van der Waals surface area (Å²) in [6, 6.07) is 0.328. The average molecular weight is 227 g/mol. The molecule has 0 amide bonds. The molecule has 1 fully saturated rings. The first-order valence-corrected chi connectivity index (χ1v) is 5.08. The second-order valence-corrected chi connectivity index (χ2v) is 3.64. The van der Waals surface area contributed by atoms with Crippen LogP contribution in [0.2, 0.25) is 0 Å². The lowest BCUT2D eigenvalue weighted by Crippen LogP contribution is -2.43. The molecule has 6 heteroatoms. The normalized spacial score (nSPS) is 18.2. The van der Waals surface area contributed by atoms with Gasteiger partial charge in [0.15, 0.2) is 0 Å². The highest BCUT2D eigenvalue weighted by atomic mass is 19.4. The first-order chi connectivity index (χ1) is 7.03. The van der Waals surface area contributed by atoms with Crippen LogP contribution >= 0.6 is 0 Å². The van der Waals surface area contributed by atoms with Gasteiger partial charge in [0.25, 0.3) is 0 Å². The van der Waals surface area contributed by atoms with Crippen LogP contribution in [0.3, 0.4) is 0 Å². The Morgan fingerprint density at radius 3 is 2.33 bits per heavy atom. The molecule has 1 rings (SSSR count). The van der Waals surface area contributed by atoms with Gasteiger partial charge >= 0.3 is 6.36 Å². The summed E-state index contributed by atoms with van der Waals surface area (Å²) in [6.45, 7) is 0.263. The van der Waals surface area contributed by atoms with Crippen molar-refractivity contribution in [1.82, 2.24) is 4.90 Å². The highest BCUT2D eigenvalue weighted by Gasteiger charge is 2.30. The summed E-state index contributed by atoms with van der Waals surface area (Å²) in [5.74, 6) is 0. The Hall–Kier alpha value is -0.330. The molecule has 0 aliphatic heterocycles. The van der Waals surface area contributed by atoms with E-state index >= 15 is 0 Å². The van der Waals surface area contributed by atoms with Crippen molar-refractivity contribution < 1.29 is 23.0 Å². The zero-order chi connectivity index (χ0) is 11.3. The largest absolute Gasteiger partial charge is 0.522 e. The number of ether oxygens (including phenoxy) is 1. The van der Waals surface area contributed by atoms with Gasteiger partial charge in [-0.25, -0.2) is 0 Å². The van der Waals surface area contributed by atoms with Crippen molar-refractivity contribution in [2.24, 2.45) is 0 Å². The third kappa shape index (κ3) is 4.81. The SMILES string of the molecule is OCCN(CCOC(F)(F)F)C1CCC1. The van der Waals surface area contributed by atoms with Gasteiger partial charge in [0.2, 0.25) is 0 Å². The van der Waals surface area contributed by atoms with Crippen molar-refractivity contribution in [2.75, 3.05) is 26.3 Å². The van der Waals surface area contributed by atoms with E-state index in [0.717, 1.165) is 19.3 Å². The number of aliphatic hydroxyl groups is 1. The van der Waals surface area contributed by atoms with Crippen molar-refractivity contribution in [3.63, 3.8) is 0 Å². The summed E-state index contributed by atoms with van der Waals surface area (Å²) < 4.78 is 38.8. The topological polar surface area (TPSA) is 32.7 Å². The summed E-state index contributed by atoms with van der Waals surface area (Å²) in [7, 11) is 0. The van der Waals surface area contributed by atoms with Gasteiger partial charge in [-0.3, -0.25) is 9.64 Å². The van der Waals surface area contributed by atoms with Crippen molar-refractivity contribution >= 4 is 0 Å². The Kier molecular flexibility index (Phi) is 4.82. The summed E-state index contributed by atoms with van der Waals surface area (Å²) >= 11 is 0. The quantitative estimate of drug-likeness (QED) is 0.744. The first kappa shape index (κ1) is 12.7. The molecule has 1 N–H and O–H groups in total. The van der Waals surface area contributed by atoms with Crippen LogP contribution in [0.4, 0.5) is 13.2 Å². The second-order valence-electron chi connectivity index (χ2n) is 3.64. The maximum atomic E-state index is 11.7. The standard InChI is InChI=1S/C9H16F3NO2/c10-9(11,12)15-7-5-13(4-6-14)8-2-1-3-8/h8,14H,1-7H2. The Bertz CT molecular complexity index is 183. The minimum Gasteiger partial charge on any atom is -0.395 e. The minimum atomic E-state index is -4.55. The molecule has 0 unspecified atom stereocenters. The van der Waals surface area contributed by atoms with Gasteiger partial charge in [-0.05, 0) is 12.8 Å². The van der Waals surface area contributed by atoms with E-state index in [4.69, 9.17) is 5.11 Å². The van der Waals surface area contributed by atoms with E-state index in [1.807, 2.05) is 4.90 Å². The van der Waals surface area contributed by atoms with E-state index in [0.29, 0.717) is 12.6 Å². The second kappa shape index (κ2) is 5.67. The molecule has 90 valence electrons. The Balaban J connectivity index is 2.19. The average Bonchev–Trinajstić information content (AvgIpc) is 1.98. The fraction of sp³-hybridized carbons (Fsp3) is 1.00. The van der Waals surface area contributed by atoms with E-state index in [1.165, 1.54) is 0 Å². The zero-order valence-corrected chi connectivity index (χ0v) is 8.46. The van der Waals surface area contributed by atoms with Gasteiger partial charge < -0.3 is 5.11 Å². The Morgan fingerprint density at radius 1 is 1.27 bits per heavy atom. The van der Waals surface area contributed by atoms with Crippen LogP contribution in [0, 0.1) is 0 Å². The number of nitrogens with zero attached hydrogens (tertiary/aromatic N) is 1. The van der Waals surface area contributed by atoms with Crippen LogP contribution < -0.4 is 0 Å². The van der Waals surface area contributed by atoms with E-state index in [-0.39, 0.29) is 19.8 Å². The van der Waals surface area contributed by atoms with Crippen LogP contribution in [-0.2, 0) is 4.74 Å². The maximum absolute atomic E-state index is 11.7. The van der Waals surface area contributed by atoms with Crippen LogP contribution in [0.15, 0.2) is 0 Å². The smallest absolute Gasteiger partial charge is 0.395 e. The first-order valence-electron chi connectivity index (χ1n) is 5.08. The van der Waals surface area contributed by atoms with Crippen molar-refractivity contribution in [3.8, 4) is 0 Å². The molecule has 1 saturated carbocycles.